The summed E-state index contributed by atoms with van der Waals surface area (Å²) in [6.07, 6.45) is 0.291. The first-order valence-corrected chi connectivity index (χ1v) is 8.68. The van der Waals surface area contributed by atoms with Crippen LogP contribution in [0.15, 0.2) is 60.7 Å². The molecular weight excluding hydrogens is 317 g/mol. The van der Waals surface area contributed by atoms with Crippen molar-refractivity contribution < 1.29 is 23.5 Å². The SMILES string of the molecule is O=C(O)CCCNP(=O)(Oc1ccccc1)Oc1ccccc1. The van der Waals surface area contributed by atoms with Gasteiger partial charge in [0.25, 0.3) is 0 Å². The summed E-state index contributed by atoms with van der Waals surface area (Å²) in [5.74, 6) is -0.107. The van der Waals surface area contributed by atoms with Crippen LogP contribution in [0.2, 0.25) is 0 Å². The van der Waals surface area contributed by atoms with E-state index in [1.54, 1.807) is 48.5 Å². The van der Waals surface area contributed by atoms with Crippen molar-refractivity contribution in [1.29, 1.82) is 0 Å². The number of hydrogen-bond donors (Lipinski definition) is 2. The smallest absolute Gasteiger partial charge is 0.481 e. The van der Waals surface area contributed by atoms with Crippen LogP contribution in [0.25, 0.3) is 0 Å². The zero-order chi connectivity index (χ0) is 16.5. The van der Waals surface area contributed by atoms with Crippen LogP contribution in [0.4, 0.5) is 0 Å². The van der Waals surface area contributed by atoms with Crippen molar-refractivity contribution in [2.75, 3.05) is 6.54 Å². The first-order chi connectivity index (χ1) is 11.1. The quantitative estimate of drug-likeness (QED) is 0.537. The summed E-state index contributed by atoms with van der Waals surface area (Å²) < 4.78 is 23.9. The van der Waals surface area contributed by atoms with E-state index < -0.39 is 13.7 Å². The maximum atomic E-state index is 12.9. The fourth-order valence-electron chi connectivity index (χ4n) is 1.78. The second-order valence-corrected chi connectivity index (χ2v) is 6.39. The number of para-hydroxylation sites is 2. The molecule has 0 aliphatic heterocycles. The van der Waals surface area contributed by atoms with Gasteiger partial charge in [-0.1, -0.05) is 36.4 Å². The van der Waals surface area contributed by atoms with Crippen LogP contribution in [-0.4, -0.2) is 17.6 Å². The van der Waals surface area contributed by atoms with Gasteiger partial charge in [-0.25, -0.2) is 9.65 Å². The van der Waals surface area contributed by atoms with E-state index in [9.17, 15) is 9.36 Å². The topological polar surface area (TPSA) is 84.9 Å². The molecule has 23 heavy (non-hydrogen) atoms. The van der Waals surface area contributed by atoms with Crippen molar-refractivity contribution >= 4 is 13.7 Å². The Morgan fingerprint density at radius 3 is 1.87 bits per heavy atom. The van der Waals surface area contributed by atoms with E-state index in [2.05, 4.69) is 5.09 Å². The Balaban J connectivity index is 2.06. The lowest BCUT2D eigenvalue weighted by atomic mass is 10.3. The molecule has 122 valence electrons. The second-order valence-electron chi connectivity index (χ2n) is 4.71. The van der Waals surface area contributed by atoms with Gasteiger partial charge in [-0.05, 0) is 30.7 Å². The van der Waals surface area contributed by atoms with Gasteiger partial charge in [0.2, 0.25) is 0 Å². The maximum Gasteiger partial charge on any atom is 0.512 e. The molecule has 0 atom stereocenters. The van der Waals surface area contributed by atoms with E-state index in [0.29, 0.717) is 17.9 Å². The third kappa shape index (κ3) is 6.14. The van der Waals surface area contributed by atoms with Gasteiger partial charge in [0.05, 0.1) is 0 Å². The minimum absolute atomic E-state index is 0.0241. The molecule has 0 amide bonds. The van der Waals surface area contributed by atoms with E-state index in [0.717, 1.165) is 0 Å². The molecule has 0 saturated heterocycles. The van der Waals surface area contributed by atoms with Gasteiger partial charge >= 0.3 is 13.7 Å². The summed E-state index contributed by atoms with van der Waals surface area (Å²) in [6.45, 7) is 0.198. The number of carboxylic acids is 1. The Labute approximate surface area is 134 Å². The highest BCUT2D eigenvalue weighted by Crippen LogP contribution is 2.44. The van der Waals surface area contributed by atoms with Crippen LogP contribution in [0, 0.1) is 0 Å². The molecule has 0 bridgehead atoms. The summed E-state index contributed by atoms with van der Waals surface area (Å²) in [5.41, 5.74) is 0. The fourth-order valence-corrected chi connectivity index (χ4v) is 3.18. The van der Waals surface area contributed by atoms with Crippen LogP contribution < -0.4 is 14.1 Å². The van der Waals surface area contributed by atoms with Gasteiger partial charge < -0.3 is 14.2 Å². The monoisotopic (exact) mass is 335 g/mol. The van der Waals surface area contributed by atoms with Crippen LogP contribution in [0.5, 0.6) is 11.5 Å². The molecule has 0 unspecified atom stereocenters. The molecule has 0 aromatic heterocycles. The predicted octanol–water partition coefficient (Wildman–Crippen LogP) is 3.71. The van der Waals surface area contributed by atoms with E-state index in [4.69, 9.17) is 14.2 Å². The Bertz CT molecular complexity index is 617. The van der Waals surface area contributed by atoms with Crippen molar-refractivity contribution in [2.24, 2.45) is 0 Å². The molecule has 0 radical (unpaired) electrons. The third-order valence-electron chi connectivity index (χ3n) is 2.81. The molecule has 0 saturated carbocycles. The first-order valence-electron chi connectivity index (χ1n) is 7.14. The molecule has 0 spiro atoms. The molecule has 0 fully saturated rings. The van der Waals surface area contributed by atoms with Crippen molar-refractivity contribution in [1.82, 2.24) is 5.09 Å². The highest BCUT2D eigenvalue weighted by atomic mass is 31.2. The molecule has 7 heteroatoms. The summed E-state index contributed by atoms with van der Waals surface area (Å²) in [5, 5.41) is 11.4. The standard InChI is InChI=1S/C16H18NO5P/c18-16(19)12-7-13-17-23(20,21-14-8-3-1-4-9-14)22-15-10-5-2-6-11-15/h1-6,8-11H,7,12-13H2,(H,17,20)(H,18,19). The minimum atomic E-state index is -3.67. The third-order valence-corrected chi connectivity index (χ3v) is 4.32. The Hall–Kier alpha value is -2.30. The number of aliphatic carboxylic acids is 1. The minimum Gasteiger partial charge on any atom is -0.481 e. The zero-order valence-electron chi connectivity index (χ0n) is 12.4. The predicted molar refractivity (Wildman–Crippen MR) is 86.6 cm³/mol. The molecule has 2 N–H and O–H groups in total. The summed E-state index contributed by atoms with van der Waals surface area (Å²) >= 11 is 0. The van der Waals surface area contributed by atoms with Gasteiger partial charge in [0, 0.05) is 13.0 Å². The molecule has 2 aromatic carbocycles. The summed E-state index contributed by atoms with van der Waals surface area (Å²) in [4.78, 5) is 10.5. The summed E-state index contributed by atoms with van der Waals surface area (Å²) in [6, 6.07) is 17.3. The second kappa shape index (κ2) is 8.36. The summed E-state index contributed by atoms with van der Waals surface area (Å²) in [7, 11) is -3.67. The number of benzene rings is 2. The van der Waals surface area contributed by atoms with E-state index >= 15 is 0 Å². The molecule has 0 aliphatic rings. The lowest BCUT2D eigenvalue weighted by Gasteiger charge is -2.20. The maximum absolute atomic E-state index is 12.9. The molecular formula is C16H18NO5P. The Morgan fingerprint density at radius 2 is 1.43 bits per heavy atom. The van der Waals surface area contributed by atoms with Gasteiger partial charge in [0.1, 0.15) is 11.5 Å². The fraction of sp³-hybridized carbons (Fsp3) is 0.188. The van der Waals surface area contributed by atoms with E-state index in [1.165, 1.54) is 0 Å². The van der Waals surface area contributed by atoms with Crippen molar-refractivity contribution in [3.05, 3.63) is 60.7 Å². The van der Waals surface area contributed by atoms with Gasteiger partial charge in [-0.15, -0.1) is 0 Å². The van der Waals surface area contributed by atoms with Gasteiger partial charge in [-0.3, -0.25) is 4.79 Å². The Morgan fingerprint density at radius 1 is 0.957 bits per heavy atom. The number of carboxylic acid groups (broad SMARTS) is 1. The van der Waals surface area contributed by atoms with Crippen LogP contribution in [0.1, 0.15) is 12.8 Å². The normalized spacial score (nSPS) is 11.0. The van der Waals surface area contributed by atoms with Crippen LogP contribution in [-0.2, 0) is 9.36 Å². The Kier molecular flexibility index (Phi) is 6.20. The number of rotatable bonds is 9. The van der Waals surface area contributed by atoms with Crippen molar-refractivity contribution in [2.45, 2.75) is 12.8 Å². The average molecular weight is 335 g/mol. The van der Waals surface area contributed by atoms with Crippen molar-refractivity contribution in [3.8, 4) is 11.5 Å². The van der Waals surface area contributed by atoms with Crippen molar-refractivity contribution in [3.63, 3.8) is 0 Å². The lowest BCUT2D eigenvalue weighted by Crippen LogP contribution is -2.20. The van der Waals surface area contributed by atoms with Gasteiger partial charge in [0.15, 0.2) is 0 Å². The van der Waals surface area contributed by atoms with E-state index in [-0.39, 0.29) is 13.0 Å². The zero-order valence-corrected chi connectivity index (χ0v) is 13.3. The molecule has 2 aromatic rings. The number of carbonyl (C=O) groups is 1. The molecule has 6 nitrogen and oxygen atoms in total. The largest absolute Gasteiger partial charge is 0.512 e. The molecule has 0 heterocycles. The molecule has 0 aliphatic carbocycles. The highest BCUT2D eigenvalue weighted by molar-refractivity contribution is 7.52. The first kappa shape index (κ1) is 17.1. The number of nitrogens with one attached hydrogen (secondary N) is 1. The lowest BCUT2D eigenvalue weighted by molar-refractivity contribution is -0.137. The molecule has 2 rings (SSSR count). The van der Waals surface area contributed by atoms with Crippen LogP contribution >= 0.6 is 7.75 Å². The van der Waals surface area contributed by atoms with Crippen LogP contribution in [0.3, 0.4) is 0 Å². The average Bonchev–Trinajstić information content (AvgIpc) is 2.53. The number of hydrogen-bond acceptors (Lipinski definition) is 4. The van der Waals surface area contributed by atoms with Gasteiger partial charge in [-0.2, -0.15) is 0 Å². The highest BCUT2D eigenvalue weighted by Gasteiger charge is 2.27. The van der Waals surface area contributed by atoms with E-state index in [1.807, 2.05) is 12.1 Å².